The lowest BCUT2D eigenvalue weighted by atomic mass is 9.95. The first kappa shape index (κ1) is 20.2. The third-order valence-electron chi connectivity index (χ3n) is 4.58. The maximum Gasteiger partial charge on any atom is 0.217 e. The lowest BCUT2D eigenvalue weighted by Crippen LogP contribution is -2.46. The number of carbonyl (C=O) groups excluding carboxylic acids is 1. The van der Waals surface area contributed by atoms with Gasteiger partial charge in [0.25, 0.3) is 0 Å². The van der Waals surface area contributed by atoms with Crippen LogP contribution in [-0.4, -0.2) is 43.0 Å². The number of amides is 1. The van der Waals surface area contributed by atoms with Crippen LogP contribution in [0.3, 0.4) is 0 Å². The highest BCUT2D eigenvalue weighted by atomic mass is 16.5. The second-order valence-electron chi connectivity index (χ2n) is 7.20. The number of nitrogens with zero attached hydrogens (tertiary/aromatic N) is 2. The molecule has 6 nitrogen and oxygen atoms in total. The number of hydrogen-bond acceptors (Lipinski definition) is 3. The van der Waals surface area contributed by atoms with Gasteiger partial charge in [0.05, 0.1) is 12.7 Å². The molecule has 0 aliphatic carbocycles. The maximum atomic E-state index is 11.2. The van der Waals surface area contributed by atoms with Crippen molar-refractivity contribution >= 4 is 11.9 Å². The van der Waals surface area contributed by atoms with E-state index in [1.54, 1.807) is 7.05 Å². The van der Waals surface area contributed by atoms with Crippen molar-refractivity contribution in [1.82, 2.24) is 10.2 Å². The van der Waals surface area contributed by atoms with Crippen molar-refractivity contribution in [1.29, 1.82) is 0 Å². The summed E-state index contributed by atoms with van der Waals surface area (Å²) in [5, 5.41) is 3.43. The van der Waals surface area contributed by atoms with Crippen LogP contribution in [0.4, 0.5) is 0 Å². The third-order valence-corrected chi connectivity index (χ3v) is 4.58. The van der Waals surface area contributed by atoms with Gasteiger partial charge in [0.15, 0.2) is 5.96 Å². The average molecular weight is 361 g/mol. The second kappa shape index (κ2) is 10.2. The molecule has 1 aromatic carbocycles. The molecule has 1 saturated heterocycles. The Kier molecular flexibility index (Phi) is 7.91. The van der Waals surface area contributed by atoms with Crippen LogP contribution < -0.4 is 11.1 Å². The van der Waals surface area contributed by atoms with Gasteiger partial charge in [-0.1, -0.05) is 24.3 Å². The number of carbonyl (C=O) groups is 1. The number of nitrogens with one attached hydrogen (secondary N) is 1. The highest BCUT2D eigenvalue weighted by Gasteiger charge is 2.23. The zero-order valence-electron chi connectivity index (χ0n) is 16.2. The van der Waals surface area contributed by atoms with Gasteiger partial charge in [-0.05, 0) is 43.7 Å². The quantitative estimate of drug-likeness (QED) is 0.577. The Balaban J connectivity index is 1.85. The number of nitrogens with two attached hydrogens (primary N) is 1. The number of piperidine rings is 1. The summed E-state index contributed by atoms with van der Waals surface area (Å²) in [6.45, 7) is 7.22. The van der Waals surface area contributed by atoms with E-state index < -0.39 is 0 Å². The fourth-order valence-corrected chi connectivity index (χ4v) is 3.24. The number of primary amides is 1. The molecular formula is C20H32N4O2. The van der Waals surface area contributed by atoms with Gasteiger partial charge >= 0.3 is 0 Å². The molecule has 2 rings (SSSR count). The van der Waals surface area contributed by atoms with Crippen LogP contribution in [0.25, 0.3) is 0 Å². The number of likely N-dealkylation sites (tertiary alicyclic amines) is 1. The summed E-state index contributed by atoms with van der Waals surface area (Å²) in [6, 6.07) is 8.44. The summed E-state index contributed by atoms with van der Waals surface area (Å²) in [4.78, 5) is 17.8. The fourth-order valence-electron chi connectivity index (χ4n) is 3.24. The molecule has 144 valence electrons. The van der Waals surface area contributed by atoms with Gasteiger partial charge in [0.1, 0.15) is 0 Å². The molecule has 1 fully saturated rings. The van der Waals surface area contributed by atoms with Crippen molar-refractivity contribution in [2.45, 2.75) is 52.4 Å². The Morgan fingerprint density at radius 1 is 1.35 bits per heavy atom. The lowest BCUT2D eigenvalue weighted by Gasteiger charge is -2.34. The average Bonchev–Trinajstić information content (AvgIpc) is 2.61. The van der Waals surface area contributed by atoms with E-state index in [9.17, 15) is 4.79 Å². The first-order chi connectivity index (χ1) is 12.5. The first-order valence-electron chi connectivity index (χ1n) is 9.41. The standard InChI is InChI=1S/C20H32N4O2/c1-15(2)26-14-17-8-6-16(7-9-17)12-23-20(22-3)24-10-4-5-18(13-24)11-19(21)25/h6-9,15,18H,4-5,10-14H2,1-3H3,(H2,21,25)(H,22,23). The molecule has 1 aromatic rings. The van der Waals surface area contributed by atoms with Crippen molar-refractivity contribution < 1.29 is 9.53 Å². The maximum absolute atomic E-state index is 11.2. The number of aliphatic imine (C=N–C) groups is 1. The summed E-state index contributed by atoms with van der Waals surface area (Å²) in [5.41, 5.74) is 7.73. The lowest BCUT2D eigenvalue weighted by molar-refractivity contribution is -0.119. The van der Waals surface area contributed by atoms with Crippen LogP contribution >= 0.6 is 0 Å². The van der Waals surface area contributed by atoms with Crippen LogP contribution in [0.15, 0.2) is 29.3 Å². The van der Waals surface area contributed by atoms with E-state index in [4.69, 9.17) is 10.5 Å². The van der Waals surface area contributed by atoms with Gasteiger partial charge in [-0.2, -0.15) is 0 Å². The van der Waals surface area contributed by atoms with E-state index >= 15 is 0 Å². The summed E-state index contributed by atoms with van der Waals surface area (Å²) < 4.78 is 5.63. The molecule has 0 radical (unpaired) electrons. The molecule has 1 unspecified atom stereocenters. The van der Waals surface area contributed by atoms with Crippen molar-refractivity contribution in [2.75, 3.05) is 20.1 Å². The Hall–Kier alpha value is -2.08. The predicted molar refractivity (Wildman–Crippen MR) is 105 cm³/mol. The largest absolute Gasteiger partial charge is 0.374 e. The molecule has 0 spiro atoms. The highest BCUT2D eigenvalue weighted by Crippen LogP contribution is 2.19. The Labute approximate surface area is 156 Å². The molecule has 1 amide bonds. The van der Waals surface area contributed by atoms with Gasteiger partial charge < -0.3 is 20.7 Å². The number of guanidine groups is 1. The smallest absolute Gasteiger partial charge is 0.217 e. The molecule has 0 bridgehead atoms. The molecule has 0 saturated carbocycles. The van der Waals surface area contributed by atoms with Gasteiger partial charge in [-0.25, -0.2) is 0 Å². The van der Waals surface area contributed by atoms with E-state index in [2.05, 4.69) is 39.5 Å². The molecule has 1 atom stereocenters. The van der Waals surface area contributed by atoms with Crippen molar-refractivity contribution in [3.8, 4) is 0 Å². The number of rotatable bonds is 7. The molecular weight excluding hydrogens is 328 g/mol. The van der Waals surface area contributed by atoms with Crippen molar-refractivity contribution in [3.63, 3.8) is 0 Å². The molecule has 26 heavy (non-hydrogen) atoms. The van der Waals surface area contributed by atoms with E-state index in [0.29, 0.717) is 18.9 Å². The molecule has 1 heterocycles. The van der Waals surface area contributed by atoms with Crippen LogP contribution in [0.5, 0.6) is 0 Å². The third kappa shape index (κ3) is 6.67. The minimum Gasteiger partial charge on any atom is -0.374 e. The van der Waals surface area contributed by atoms with Gasteiger partial charge in [0, 0.05) is 33.1 Å². The van der Waals surface area contributed by atoms with E-state index in [-0.39, 0.29) is 12.0 Å². The number of hydrogen-bond donors (Lipinski definition) is 2. The van der Waals surface area contributed by atoms with Gasteiger partial charge in [-0.3, -0.25) is 9.79 Å². The van der Waals surface area contributed by atoms with Gasteiger partial charge in [-0.15, -0.1) is 0 Å². The minimum atomic E-state index is -0.221. The molecule has 3 N–H and O–H groups in total. The first-order valence-corrected chi connectivity index (χ1v) is 9.41. The van der Waals surface area contributed by atoms with Crippen LogP contribution in [0.2, 0.25) is 0 Å². The van der Waals surface area contributed by atoms with E-state index in [0.717, 1.165) is 38.4 Å². The van der Waals surface area contributed by atoms with Crippen LogP contribution in [0, 0.1) is 5.92 Å². The topological polar surface area (TPSA) is 80.0 Å². The minimum absolute atomic E-state index is 0.221. The summed E-state index contributed by atoms with van der Waals surface area (Å²) in [7, 11) is 1.80. The summed E-state index contributed by atoms with van der Waals surface area (Å²) >= 11 is 0. The normalized spacial score (nSPS) is 18.2. The highest BCUT2D eigenvalue weighted by molar-refractivity contribution is 5.80. The van der Waals surface area contributed by atoms with Crippen LogP contribution in [0.1, 0.15) is 44.2 Å². The predicted octanol–water partition coefficient (Wildman–Crippen LogP) is 2.27. The fraction of sp³-hybridized carbons (Fsp3) is 0.600. The monoisotopic (exact) mass is 360 g/mol. The zero-order valence-corrected chi connectivity index (χ0v) is 16.2. The van der Waals surface area contributed by atoms with E-state index in [1.807, 2.05) is 13.8 Å². The summed E-state index contributed by atoms with van der Waals surface area (Å²) in [6.07, 6.45) is 2.80. The second-order valence-corrected chi connectivity index (χ2v) is 7.20. The Morgan fingerprint density at radius 3 is 2.65 bits per heavy atom. The molecule has 0 aromatic heterocycles. The van der Waals surface area contributed by atoms with Crippen molar-refractivity contribution in [2.24, 2.45) is 16.6 Å². The molecule has 1 aliphatic rings. The zero-order chi connectivity index (χ0) is 18.9. The van der Waals surface area contributed by atoms with Gasteiger partial charge in [0.2, 0.25) is 5.91 Å². The Bertz CT molecular complexity index is 598. The summed E-state index contributed by atoms with van der Waals surface area (Å²) in [5.74, 6) is 0.979. The molecule has 1 aliphatic heterocycles. The number of benzene rings is 1. The molecule has 6 heteroatoms. The van der Waals surface area contributed by atoms with Crippen molar-refractivity contribution in [3.05, 3.63) is 35.4 Å². The number of ether oxygens (including phenoxy) is 1. The Morgan fingerprint density at radius 2 is 2.04 bits per heavy atom. The van der Waals surface area contributed by atoms with Crippen LogP contribution in [-0.2, 0) is 22.7 Å². The SMILES string of the molecule is CN=C(NCc1ccc(COC(C)C)cc1)N1CCCC(CC(N)=O)C1. The van der Waals surface area contributed by atoms with E-state index in [1.165, 1.54) is 11.1 Å².